The molecule has 2 aromatic rings. The molecule has 19 heavy (non-hydrogen) atoms. The number of benzene rings is 1. The van der Waals surface area contributed by atoms with E-state index in [1.165, 1.54) is 19.3 Å². The summed E-state index contributed by atoms with van der Waals surface area (Å²) in [6.45, 7) is 0. The molecule has 0 spiro atoms. The Bertz CT molecular complexity index is 649. The predicted molar refractivity (Wildman–Crippen MR) is 66.1 cm³/mol. The molecule has 96 valence electrons. The Morgan fingerprint density at radius 1 is 0.947 bits per heavy atom. The van der Waals surface area contributed by atoms with Crippen LogP contribution in [0.4, 0.5) is 18.9 Å². The Hall–Kier alpha value is -2.48. The normalized spacial score (nSPS) is 9.68. The van der Waals surface area contributed by atoms with Gasteiger partial charge in [0.05, 0.1) is 6.20 Å². The molecule has 0 bridgehead atoms. The van der Waals surface area contributed by atoms with E-state index in [9.17, 15) is 13.2 Å². The molecule has 0 amide bonds. The minimum Gasteiger partial charge on any atom is -0.383 e. The Balaban J connectivity index is 2.35. The number of hydrogen-bond donors (Lipinski definition) is 1. The van der Waals surface area contributed by atoms with Gasteiger partial charge in [0, 0.05) is 24.4 Å². The molecule has 0 aliphatic rings. The molecule has 1 aromatic carbocycles. The first-order chi connectivity index (χ1) is 9.10. The van der Waals surface area contributed by atoms with Crippen LogP contribution in [0.1, 0.15) is 11.1 Å². The molecule has 0 saturated carbocycles. The van der Waals surface area contributed by atoms with Gasteiger partial charge < -0.3 is 5.32 Å². The zero-order chi connectivity index (χ0) is 13.8. The highest BCUT2D eigenvalue weighted by Crippen LogP contribution is 2.19. The van der Waals surface area contributed by atoms with E-state index in [0.29, 0.717) is 5.56 Å². The van der Waals surface area contributed by atoms with Crippen LogP contribution in [0.3, 0.4) is 0 Å². The third-order valence-electron chi connectivity index (χ3n) is 2.35. The highest BCUT2D eigenvalue weighted by atomic mass is 19.1. The summed E-state index contributed by atoms with van der Waals surface area (Å²) in [5.41, 5.74) is 0.287. The van der Waals surface area contributed by atoms with Gasteiger partial charge in [-0.2, -0.15) is 0 Å². The van der Waals surface area contributed by atoms with Crippen molar-refractivity contribution in [1.82, 2.24) is 4.98 Å². The predicted octanol–water partition coefficient (Wildman–Crippen LogP) is 2.94. The lowest BCUT2D eigenvalue weighted by atomic mass is 10.1. The fourth-order valence-corrected chi connectivity index (χ4v) is 1.51. The van der Waals surface area contributed by atoms with Crippen LogP contribution in [-0.4, -0.2) is 12.0 Å². The van der Waals surface area contributed by atoms with E-state index in [1.54, 1.807) is 0 Å². The molecule has 0 saturated heterocycles. The molecule has 1 aromatic heterocycles. The SMILES string of the molecule is CNc1c(F)cc(C#Cc2cncc(F)c2)cc1F. The van der Waals surface area contributed by atoms with Crippen molar-refractivity contribution < 1.29 is 13.2 Å². The van der Waals surface area contributed by atoms with Crippen LogP contribution in [0.5, 0.6) is 0 Å². The quantitative estimate of drug-likeness (QED) is 0.799. The largest absolute Gasteiger partial charge is 0.383 e. The summed E-state index contributed by atoms with van der Waals surface area (Å²) in [4.78, 5) is 3.62. The first kappa shape index (κ1) is 13.0. The molecule has 1 heterocycles. The second-order valence-corrected chi connectivity index (χ2v) is 3.71. The molecule has 0 unspecified atom stereocenters. The molecule has 0 aliphatic carbocycles. The van der Waals surface area contributed by atoms with Gasteiger partial charge in [-0.3, -0.25) is 4.98 Å². The fourth-order valence-electron chi connectivity index (χ4n) is 1.51. The summed E-state index contributed by atoms with van der Waals surface area (Å²) < 4.78 is 39.8. The maximum atomic E-state index is 13.5. The van der Waals surface area contributed by atoms with Crippen molar-refractivity contribution in [3.05, 3.63) is 59.2 Å². The minimum absolute atomic E-state index is 0.165. The fraction of sp³-hybridized carbons (Fsp3) is 0.0714. The third kappa shape index (κ3) is 3.05. The summed E-state index contributed by atoms with van der Waals surface area (Å²) >= 11 is 0. The van der Waals surface area contributed by atoms with E-state index >= 15 is 0 Å². The molecule has 0 aliphatic heterocycles. The average molecular weight is 262 g/mol. The second kappa shape index (κ2) is 5.44. The van der Waals surface area contributed by atoms with Crippen LogP contribution in [0, 0.1) is 29.3 Å². The maximum absolute atomic E-state index is 13.5. The van der Waals surface area contributed by atoms with Crippen molar-refractivity contribution in [1.29, 1.82) is 0 Å². The molecule has 5 heteroatoms. The zero-order valence-electron chi connectivity index (χ0n) is 9.97. The van der Waals surface area contributed by atoms with E-state index in [2.05, 4.69) is 22.1 Å². The van der Waals surface area contributed by atoms with E-state index in [4.69, 9.17) is 0 Å². The lowest BCUT2D eigenvalue weighted by Gasteiger charge is -2.03. The molecular formula is C14H9F3N2. The number of anilines is 1. The van der Waals surface area contributed by atoms with Gasteiger partial charge in [0.1, 0.15) is 11.5 Å². The number of hydrogen-bond acceptors (Lipinski definition) is 2. The minimum atomic E-state index is -0.732. The lowest BCUT2D eigenvalue weighted by molar-refractivity contribution is 0.589. The number of aromatic nitrogens is 1. The van der Waals surface area contributed by atoms with E-state index in [-0.39, 0.29) is 11.3 Å². The van der Waals surface area contributed by atoms with Crippen molar-refractivity contribution in [2.45, 2.75) is 0 Å². The summed E-state index contributed by atoms with van der Waals surface area (Å²) in [7, 11) is 1.42. The standard InChI is InChI=1S/C14H9F3N2/c1-18-14-12(16)5-9(6-13(14)17)2-3-10-4-11(15)8-19-7-10/h4-8,18H,1H3. The Morgan fingerprint density at radius 2 is 1.58 bits per heavy atom. The molecular weight excluding hydrogens is 253 g/mol. The van der Waals surface area contributed by atoms with Crippen molar-refractivity contribution in [3.63, 3.8) is 0 Å². The zero-order valence-corrected chi connectivity index (χ0v) is 9.97. The molecule has 1 N–H and O–H groups in total. The Labute approximate surface area is 108 Å². The summed E-state index contributed by atoms with van der Waals surface area (Å²) in [5.74, 6) is 3.16. The lowest BCUT2D eigenvalue weighted by Crippen LogP contribution is -1.97. The van der Waals surface area contributed by atoms with Crippen LogP contribution < -0.4 is 5.32 Å². The van der Waals surface area contributed by atoms with Gasteiger partial charge in [0.15, 0.2) is 11.6 Å². The van der Waals surface area contributed by atoms with Gasteiger partial charge in [-0.05, 0) is 18.2 Å². The second-order valence-electron chi connectivity index (χ2n) is 3.71. The monoisotopic (exact) mass is 262 g/mol. The average Bonchev–Trinajstić information content (AvgIpc) is 2.36. The first-order valence-electron chi connectivity index (χ1n) is 5.39. The third-order valence-corrected chi connectivity index (χ3v) is 2.35. The van der Waals surface area contributed by atoms with Gasteiger partial charge in [-0.1, -0.05) is 11.8 Å². The topological polar surface area (TPSA) is 24.9 Å². The van der Waals surface area contributed by atoms with Crippen LogP contribution in [0.2, 0.25) is 0 Å². The van der Waals surface area contributed by atoms with Crippen molar-refractivity contribution in [3.8, 4) is 11.8 Å². The number of nitrogens with zero attached hydrogens (tertiary/aromatic N) is 1. The Kier molecular flexibility index (Phi) is 3.71. The van der Waals surface area contributed by atoms with Crippen LogP contribution in [0.15, 0.2) is 30.6 Å². The maximum Gasteiger partial charge on any atom is 0.150 e. The van der Waals surface area contributed by atoms with E-state index in [0.717, 1.165) is 18.3 Å². The molecule has 0 radical (unpaired) electrons. The van der Waals surface area contributed by atoms with E-state index < -0.39 is 17.5 Å². The molecule has 0 atom stereocenters. The number of nitrogens with one attached hydrogen (secondary N) is 1. The Morgan fingerprint density at radius 3 is 2.16 bits per heavy atom. The number of halogens is 3. The summed E-state index contributed by atoms with van der Waals surface area (Å²) in [5, 5.41) is 2.41. The number of pyridine rings is 1. The van der Waals surface area contributed by atoms with Gasteiger partial charge in [0.25, 0.3) is 0 Å². The summed E-state index contributed by atoms with van der Waals surface area (Å²) in [6, 6.07) is 3.40. The van der Waals surface area contributed by atoms with Crippen LogP contribution in [0.25, 0.3) is 0 Å². The summed E-state index contributed by atoms with van der Waals surface area (Å²) in [6.07, 6.45) is 2.41. The molecule has 0 fully saturated rings. The van der Waals surface area contributed by atoms with Gasteiger partial charge in [-0.15, -0.1) is 0 Å². The van der Waals surface area contributed by atoms with Crippen molar-refractivity contribution in [2.24, 2.45) is 0 Å². The molecule has 2 rings (SSSR count). The van der Waals surface area contributed by atoms with Crippen LogP contribution in [-0.2, 0) is 0 Å². The van der Waals surface area contributed by atoms with E-state index in [1.807, 2.05) is 0 Å². The number of rotatable bonds is 1. The smallest absolute Gasteiger partial charge is 0.150 e. The van der Waals surface area contributed by atoms with Crippen molar-refractivity contribution >= 4 is 5.69 Å². The van der Waals surface area contributed by atoms with Gasteiger partial charge in [-0.25, -0.2) is 13.2 Å². The van der Waals surface area contributed by atoms with Gasteiger partial charge in [0.2, 0.25) is 0 Å². The highest BCUT2D eigenvalue weighted by molar-refractivity contribution is 5.52. The van der Waals surface area contributed by atoms with Gasteiger partial charge >= 0.3 is 0 Å². The first-order valence-corrected chi connectivity index (χ1v) is 5.39. The highest BCUT2D eigenvalue weighted by Gasteiger charge is 2.08. The molecule has 2 nitrogen and oxygen atoms in total. The van der Waals surface area contributed by atoms with Crippen LogP contribution >= 0.6 is 0 Å². The van der Waals surface area contributed by atoms with Crippen molar-refractivity contribution in [2.75, 3.05) is 12.4 Å².